The van der Waals surface area contributed by atoms with Crippen LogP contribution in [0.2, 0.25) is 5.02 Å². The summed E-state index contributed by atoms with van der Waals surface area (Å²) < 4.78 is 4.51. The minimum absolute atomic E-state index is 0.155. The van der Waals surface area contributed by atoms with E-state index < -0.39 is 0 Å². The van der Waals surface area contributed by atoms with Gasteiger partial charge in [-0.3, -0.25) is 9.59 Å². The molecule has 0 saturated carbocycles. The van der Waals surface area contributed by atoms with E-state index in [1.54, 1.807) is 19.2 Å². The van der Waals surface area contributed by atoms with Crippen LogP contribution in [0.25, 0.3) is 0 Å². The Bertz CT molecular complexity index is 463. The number of benzene rings is 1. The zero-order valence-corrected chi connectivity index (χ0v) is 11.0. The number of hydrogen-bond acceptors (Lipinski definition) is 4. The highest BCUT2D eigenvalue weighted by Crippen LogP contribution is 2.20. The lowest BCUT2D eigenvalue weighted by atomic mass is 10.2. The Labute approximate surface area is 110 Å². The highest BCUT2D eigenvalue weighted by molar-refractivity contribution is 6.33. The molecule has 1 aromatic rings. The van der Waals surface area contributed by atoms with Crippen molar-refractivity contribution in [3.8, 4) is 0 Å². The van der Waals surface area contributed by atoms with Gasteiger partial charge in [-0.25, -0.2) is 0 Å². The molecule has 0 aromatic heterocycles. The first-order valence-corrected chi connectivity index (χ1v) is 5.70. The van der Waals surface area contributed by atoms with E-state index in [-0.39, 0.29) is 24.8 Å². The molecule has 0 spiro atoms. The fourth-order valence-corrected chi connectivity index (χ4v) is 1.48. The number of nitrogens with two attached hydrogens (primary N) is 1. The summed E-state index contributed by atoms with van der Waals surface area (Å²) in [4.78, 5) is 24.4. The van der Waals surface area contributed by atoms with Crippen LogP contribution in [0, 0.1) is 0 Å². The molecule has 98 valence electrons. The smallest absolute Gasteiger partial charge is 0.307 e. The van der Waals surface area contributed by atoms with E-state index in [0.29, 0.717) is 16.3 Å². The van der Waals surface area contributed by atoms with Gasteiger partial charge in [0.25, 0.3) is 5.91 Å². The lowest BCUT2D eigenvalue weighted by molar-refractivity contribution is -0.140. The van der Waals surface area contributed by atoms with Crippen LogP contribution in [0.4, 0.5) is 5.69 Å². The van der Waals surface area contributed by atoms with E-state index >= 15 is 0 Å². The fraction of sp³-hybridized carbons (Fsp3) is 0.333. The van der Waals surface area contributed by atoms with E-state index in [0.717, 1.165) is 0 Å². The van der Waals surface area contributed by atoms with E-state index in [1.807, 2.05) is 0 Å². The average molecular weight is 271 g/mol. The zero-order chi connectivity index (χ0) is 13.7. The van der Waals surface area contributed by atoms with Crippen molar-refractivity contribution in [1.29, 1.82) is 0 Å². The highest BCUT2D eigenvalue weighted by Gasteiger charge is 2.14. The Hall–Kier alpha value is -1.75. The van der Waals surface area contributed by atoms with Crippen molar-refractivity contribution >= 4 is 29.2 Å². The molecule has 0 aliphatic carbocycles. The Morgan fingerprint density at radius 3 is 2.67 bits per heavy atom. The first kappa shape index (κ1) is 14.3. The maximum Gasteiger partial charge on any atom is 0.307 e. The number of amides is 1. The summed E-state index contributed by atoms with van der Waals surface area (Å²) in [7, 11) is 2.92. The Kier molecular flexibility index (Phi) is 4.97. The predicted octanol–water partition coefficient (Wildman–Crippen LogP) is 1.56. The third-order valence-corrected chi connectivity index (χ3v) is 2.81. The fourth-order valence-electron chi connectivity index (χ4n) is 1.36. The molecular formula is C12H15ClN2O3. The van der Waals surface area contributed by atoms with Crippen LogP contribution in [-0.4, -0.2) is 37.5 Å². The number of carbonyl (C=O) groups is 2. The summed E-state index contributed by atoms with van der Waals surface area (Å²) >= 11 is 5.78. The maximum atomic E-state index is 12.0. The Morgan fingerprint density at radius 1 is 1.44 bits per heavy atom. The van der Waals surface area contributed by atoms with E-state index in [4.69, 9.17) is 17.3 Å². The third-order valence-electron chi connectivity index (χ3n) is 2.47. The van der Waals surface area contributed by atoms with Crippen molar-refractivity contribution in [3.63, 3.8) is 0 Å². The number of anilines is 1. The molecule has 1 amide bonds. The van der Waals surface area contributed by atoms with Crippen molar-refractivity contribution in [2.75, 3.05) is 26.4 Å². The van der Waals surface area contributed by atoms with Gasteiger partial charge in [-0.05, 0) is 18.2 Å². The molecule has 0 radical (unpaired) electrons. The van der Waals surface area contributed by atoms with Gasteiger partial charge in [0.2, 0.25) is 0 Å². The molecule has 0 fully saturated rings. The van der Waals surface area contributed by atoms with Gasteiger partial charge in [0.15, 0.2) is 0 Å². The number of ether oxygens (including phenoxy) is 1. The third kappa shape index (κ3) is 3.63. The summed E-state index contributed by atoms with van der Waals surface area (Å²) in [6.45, 7) is 0.286. The second-order valence-corrected chi connectivity index (χ2v) is 4.20. The number of esters is 1. The van der Waals surface area contributed by atoms with Crippen LogP contribution >= 0.6 is 11.6 Å². The highest BCUT2D eigenvalue weighted by atomic mass is 35.5. The molecule has 0 unspecified atom stereocenters. The topological polar surface area (TPSA) is 72.6 Å². The second-order valence-electron chi connectivity index (χ2n) is 3.79. The van der Waals surface area contributed by atoms with E-state index in [9.17, 15) is 9.59 Å². The molecular weight excluding hydrogens is 256 g/mol. The first-order valence-electron chi connectivity index (χ1n) is 5.33. The minimum atomic E-state index is -0.356. The Balaban J connectivity index is 2.68. The largest absolute Gasteiger partial charge is 0.469 e. The number of nitrogen functional groups attached to an aromatic ring is 1. The molecule has 0 aliphatic heterocycles. The number of carbonyl (C=O) groups excluding carboxylic acids is 2. The van der Waals surface area contributed by atoms with Crippen LogP contribution < -0.4 is 5.73 Å². The molecule has 2 N–H and O–H groups in total. The van der Waals surface area contributed by atoms with Crippen molar-refractivity contribution < 1.29 is 14.3 Å². The van der Waals surface area contributed by atoms with Gasteiger partial charge in [-0.2, -0.15) is 0 Å². The molecule has 1 rings (SSSR count). The monoisotopic (exact) mass is 270 g/mol. The maximum absolute atomic E-state index is 12.0. The van der Waals surface area contributed by atoms with E-state index in [2.05, 4.69) is 4.74 Å². The summed E-state index contributed by atoms with van der Waals surface area (Å²) in [6, 6.07) is 4.67. The van der Waals surface area contributed by atoms with Gasteiger partial charge in [-0.15, -0.1) is 0 Å². The van der Waals surface area contributed by atoms with Crippen LogP contribution in [0.5, 0.6) is 0 Å². The van der Waals surface area contributed by atoms with Crippen LogP contribution in [0.15, 0.2) is 18.2 Å². The van der Waals surface area contributed by atoms with Crippen molar-refractivity contribution in [2.45, 2.75) is 6.42 Å². The average Bonchev–Trinajstić information content (AvgIpc) is 2.37. The van der Waals surface area contributed by atoms with Crippen LogP contribution in [-0.2, 0) is 9.53 Å². The molecule has 6 heteroatoms. The number of rotatable bonds is 4. The molecule has 0 bridgehead atoms. The summed E-state index contributed by atoms with van der Waals surface area (Å²) in [5.74, 6) is -0.576. The molecule has 0 heterocycles. The van der Waals surface area contributed by atoms with Gasteiger partial charge in [0, 0.05) is 19.2 Å². The number of halogens is 1. The lowest BCUT2D eigenvalue weighted by Crippen LogP contribution is -2.29. The predicted molar refractivity (Wildman–Crippen MR) is 69.5 cm³/mol. The Morgan fingerprint density at radius 2 is 2.11 bits per heavy atom. The quantitative estimate of drug-likeness (QED) is 0.666. The molecule has 0 saturated heterocycles. The molecule has 18 heavy (non-hydrogen) atoms. The molecule has 1 aromatic carbocycles. The summed E-state index contributed by atoms with van der Waals surface area (Å²) in [6.07, 6.45) is 0.155. The number of hydrogen-bond donors (Lipinski definition) is 1. The van der Waals surface area contributed by atoms with Gasteiger partial charge >= 0.3 is 5.97 Å². The van der Waals surface area contributed by atoms with Crippen molar-refractivity contribution in [1.82, 2.24) is 4.90 Å². The van der Waals surface area contributed by atoms with Crippen LogP contribution in [0.1, 0.15) is 16.8 Å². The van der Waals surface area contributed by atoms with Crippen LogP contribution in [0.3, 0.4) is 0 Å². The minimum Gasteiger partial charge on any atom is -0.469 e. The summed E-state index contributed by atoms with van der Waals surface area (Å²) in [5.41, 5.74) is 6.41. The molecule has 0 atom stereocenters. The summed E-state index contributed by atoms with van der Waals surface area (Å²) in [5, 5.41) is 0.406. The zero-order valence-electron chi connectivity index (χ0n) is 10.3. The second kappa shape index (κ2) is 6.26. The van der Waals surface area contributed by atoms with Crippen molar-refractivity contribution in [3.05, 3.63) is 28.8 Å². The lowest BCUT2D eigenvalue weighted by Gasteiger charge is -2.16. The van der Waals surface area contributed by atoms with Gasteiger partial charge in [-0.1, -0.05) is 11.6 Å². The van der Waals surface area contributed by atoms with Gasteiger partial charge in [0.1, 0.15) is 0 Å². The number of nitrogens with zero attached hydrogens (tertiary/aromatic N) is 1. The number of methoxy groups -OCH3 is 1. The van der Waals surface area contributed by atoms with Gasteiger partial charge < -0.3 is 15.4 Å². The van der Waals surface area contributed by atoms with Gasteiger partial charge in [0.05, 0.1) is 24.2 Å². The van der Waals surface area contributed by atoms with Crippen molar-refractivity contribution in [2.24, 2.45) is 0 Å². The standard InChI is InChI=1S/C12H15ClN2O3/c1-15(6-5-11(16)18-2)12(17)8-3-4-9(13)10(14)7-8/h3-4,7H,5-6,14H2,1-2H3. The van der Waals surface area contributed by atoms with E-state index in [1.165, 1.54) is 18.1 Å². The molecule has 5 nitrogen and oxygen atoms in total. The normalized spacial score (nSPS) is 9.94. The molecule has 0 aliphatic rings. The first-order chi connectivity index (χ1) is 8.45. The SMILES string of the molecule is COC(=O)CCN(C)C(=O)c1ccc(Cl)c(N)c1.